The Morgan fingerprint density at radius 3 is 2.67 bits per heavy atom. The smallest absolute Gasteiger partial charge is 0.105 e. The van der Waals surface area contributed by atoms with Gasteiger partial charge in [0.05, 0.1) is 0 Å². The first-order valence-corrected chi connectivity index (χ1v) is 6.48. The Morgan fingerprint density at radius 1 is 1.40 bits per heavy atom. The first-order valence-electron chi connectivity index (χ1n) is 5.84. The second-order valence-corrected chi connectivity index (χ2v) is 5.14. The summed E-state index contributed by atoms with van der Waals surface area (Å²) in [7, 11) is 0. The summed E-state index contributed by atoms with van der Waals surface area (Å²) in [5, 5.41) is 0. The largest absolute Gasteiger partial charge is 0.335 e. The molecule has 0 aliphatic heterocycles. The Balaban J connectivity index is 2.10. The number of rotatable bonds is 3. The summed E-state index contributed by atoms with van der Waals surface area (Å²) in [6.45, 7) is 3.18. The van der Waals surface area contributed by atoms with Crippen LogP contribution in [0.1, 0.15) is 37.9 Å². The van der Waals surface area contributed by atoms with Gasteiger partial charge in [0.15, 0.2) is 0 Å². The van der Waals surface area contributed by atoms with Crippen LogP contribution in [0.3, 0.4) is 0 Å². The van der Waals surface area contributed by atoms with Crippen molar-refractivity contribution in [3.8, 4) is 0 Å². The van der Waals surface area contributed by atoms with Crippen molar-refractivity contribution < 1.29 is 0 Å². The van der Waals surface area contributed by atoms with Gasteiger partial charge >= 0.3 is 0 Å². The Morgan fingerprint density at radius 2 is 2.13 bits per heavy atom. The van der Waals surface area contributed by atoms with Crippen LogP contribution in [-0.2, 0) is 6.54 Å². The van der Waals surface area contributed by atoms with Crippen molar-refractivity contribution in [2.45, 2.75) is 45.6 Å². The molecular weight excluding hydrogens is 204 g/mol. The molecule has 0 amide bonds. The van der Waals surface area contributed by atoms with Gasteiger partial charge in [-0.2, -0.15) is 12.6 Å². The van der Waals surface area contributed by atoms with Crippen LogP contribution in [0.15, 0.2) is 12.4 Å². The van der Waals surface area contributed by atoms with E-state index < -0.39 is 0 Å². The maximum Gasteiger partial charge on any atom is 0.105 e. The Kier molecular flexibility index (Phi) is 3.39. The minimum absolute atomic E-state index is 0.423. The maximum atomic E-state index is 4.56. The number of hydrogen-bond donors (Lipinski definition) is 1. The van der Waals surface area contributed by atoms with Crippen molar-refractivity contribution in [3.63, 3.8) is 0 Å². The number of aromatic nitrogens is 2. The van der Waals surface area contributed by atoms with E-state index in [1.165, 1.54) is 32.1 Å². The predicted molar refractivity (Wildman–Crippen MR) is 66.3 cm³/mol. The van der Waals surface area contributed by atoms with Crippen molar-refractivity contribution >= 4 is 12.6 Å². The van der Waals surface area contributed by atoms with Gasteiger partial charge in [-0.1, -0.05) is 19.3 Å². The van der Waals surface area contributed by atoms with E-state index in [4.69, 9.17) is 0 Å². The van der Waals surface area contributed by atoms with Crippen LogP contribution in [0.5, 0.6) is 0 Å². The number of thiol groups is 1. The average Bonchev–Trinajstić information content (AvgIpc) is 2.66. The third kappa shape index (κ3) is 2.39. The SMILES string of the molecule is Cc1nccn1CC1(CS)CCCCC1. The van der Waals surface area contributed by atoms with Gasteiger partial charge in [-0.3, -0.25) is 0 Å². The van der Waals surface area contributed by atoms with Crippen molar-refractivity contribution in [1.82, 2.24) is 9.55 Å². The molecule has 1 heterocycles. The maximum absolute atomic E-state index is 4.56. The van der Waals surface area contributed by atoms with E-state index in [1.807, 2.05) is 6.20 Å². The predicted octanol–water partition coefficient (Wildman–Crippen LogP) is 3.07. The van der Waals surface area contributed by atoms with Gasteiger partial charge in [0, 0.05) is 18.9 Å². The molecule has 1 saturated carbocycles. The van der Waals surface area contributed by atoms with Gasteiger partial charge in [-0.05, 0) is 30.9 Å². The van der Waals surface area contributed by atoms with Gasteiger partial charge in [0.25, 0.3) is 0 Å². The molecule has 0 saturated heterocycles. The zero-order valence-electron chi connectivity index (χ0n) is 9.45. The molecular formula is C12H20N2S. The quantitative estimate of drug-likeness (QED) is 0.781. The minimum atomic E-state index is 0.423. The van der Waals surface area contributed by atoms with E-state index >= 15 is 0 Å². The molecule has 1 aromatic rings. The molecule has 0 spiro atoms. The normalized spacial score (nSPS) is 20.4. The lowest BCUT2D eigenvalue weighted by atomic mass is 9.75. The van der Waals surface area contributed by atoms with Gasteiger partial charge in [-0.25, -0.2) is 4.98 Å². The molecule has 2 rings (SSSR count). The summed E-state index contributed by atoms with van der Waals surface area (Å²) in [4.78, 5) is 4.29. The summed E-state index contributed by atoms with van der Waals surface area (Å²) in [6.07, 6.45) is 10.8. The molecule has 2 nitrogen and oxygen atoms in total. The first-order chi connectivity index (χ1) is 7.26. The number of aryl methyl sites for hydroxylation is 1. The number of nitrogens with zero attached hydrogens (tertiary/aromatic N) is 2. The number of imidazole rings is 1. The summed E-state index contributed by atoms with van der Waals surface area (Å²) in [5.41, 5.74) is 0.423. The van der Waals surface area contributed by atoms with E-state index in [0.717, 1.165) is 18.1 Å². The summed E-state index contributed by atoms with van der Waals surface area (Å²) in [6, 6.07) is 0. The van der Waals surface area contributed by atoms with Crippen LogP contribution >= 0.6 is 12.6 Å². The average molecular weight is 224 g/mol. The van der Waals surface area contributed by atoms with E-state index in [9.17, 15) is 0 Å². The molecule has 1 fully saturated rings. The standard InChI is InChI=1S/C12H20N2S/c1-11-13-7-8-14(11)9-12(10-15)5-3-2-4-6-12/h7-8,15H,2-6,9-10H2,1H3. The highest BCUT2D eigenvalue weighted by Gasteiger charge is 2.31. The molecule has 1 aliphatic rings. The summed E-state index contributed by atoms with van der Waals surface area (Å²) >= 11 is 4.56. The third-order valence-corrected chi connectivity index (χ3v) is 4.35. The fourth-order valence-electron chi connectivity index (χ4n) is 2.60. The zero-order chi connectivity index (χ0) is 10.7. The lowest BCUT2D eigenvalue weighted by Crippen LogP contribution is -2.31. The Bertz CT molecular complexity index is 313. The van der Waals surface area contributed by atoms with Crippen molar-refractivity contribution in [3.05, 3.63) is 18.2 Å². The van der Waals surface area contributed by atoms with Crippen LogP contribution in [0.25, 0.3) is 0 Å². The summed E-state index contributed by atoms with van der Waals surface area (Å²) in [5.74, 6) is 2.13. The van der Waals surface area contributed by atoms with Crippen LogP contribution in [0.2, 0.25) is 0 Å². The van der Waals surface area contributed by atoms with Crippen molar-refractivity contribution in [2.24, 2.45) is 5.41 Å². The van der Waals surface area contributed by atoms with Crippen molar-refractivity contribution in [2.75, 3.05) is 5.75 Å². The first kappa shape index (κ1) is 11.1. The second-order valence-electron chi connectivity index (χ2n) is 4.82. The fourth-order valence-corrected chi connectivity index (χ4v) is 3.02. The Labute approximate surface area is 97.5 Å². The lowest BCUT2D eigenvalue weighted by molar-refractivity contribution is 0.188. The van der Waals surface area contributed by atoms with Crippen LogP contribution in [0.4, 0.5) is 0 Å². The molecule has 3 heteroatoms. The van der Waals surface area contributed by atoms with Crippen molar-refractivity contribution in [1.29, 1.82) is 0 Å². The van der Waals surface area contributed by atoms with Crippen LogP contribution in [-0.4, -0.2) is 15.3 Å². The van der Waals surface area contributed by atoms with E-state index in [2.05, 4.69) is 35.3 Å². The topological polar surface area (TPSA) is 17.8 Å². The number of hydrogen-bond acceptors (Lipinski definition) is 2. The highest BCUT2D eigenvalue weighted by atomic mass is 32.1. The van der Waals surface area contributed by atoms with Gasteiger partial charge in [0.2, 0.25) is 0 Å². The molecule has 0 radical (unpaired) electrons. The fraction of sp³-hybridized carbons (Fsp3) is 0.750. The second kappa shape index (κ2) is 4.60. The molecule has 0 N–H and O–H groups in total. The molecule has 0 unspecified atom stereocenters. The highest BCUT2D eigenvalue weighted by Crippen LogP contribution is 2.38. The lowest BCUT2D eigenvalue weighted by Gasteiger charge is -2.36. The Hall–Kier alpha value is -0.440. The zero-order valence-corrected chi connectivity index (χ0v) is 10.3. The molecule has 0 aromatic carbocycles. The molecule has 0 bridgehead atoms. The van der Waals surface area contributed by atoms with Crippen LogP contribution < -0.4 is 0 Å². The third-order valence-electron chi connectivity index (χ3n) is 3.68. The molecule has 15 heavy (non-hydrogen) atoms. The highest BCUT2D eigenvalue weighted by molar-refractivity contribution is 7.80. The summed E-state index contributed by atoms with van der Waals surface area (Å²) < 4.78 is 2.28. The van der Waals surface area contributed by atoms with Gasteiger partial charge in [-0.15, -0.1) is 0 Å². The molecule has 1 aromatic heterocycles. The monoisotopic (exact) mass is 224 g/mol. The molecule has 84 valence electrons. The van der Waals surface area contributed by atoms with Crippen LogP contribution in [0, 0.1) is 12.3 Å². The van der Waals surface area contributed by atoms with Gasteiger partial charge in [0.1, 0.15) is 5.82 Å². The molecule has 0 atom stereocenters. The van der Waals surface area contributed by atoms with E-state index in [1.54, 1.807) is 0 Å². The van der Waals surface area contributed by atoms with E-state index in [-0.39, 0.29) is 0 Å². The van der Waals surface area contributed by atoms with E-state index in [0.29, 0.717) is 5.41 Å². The van der Waals surface area contributed by atoms with Gasteiger partial charge < -0.3 is 4.57 Å². The molecule has 1 aliphatic carbocycles. The minimum Gasteiger partial charge on any atom is -0.335 e.